The molecular formula is C13H12ClF2N3O. The van der Waals surface area contributed by atoms with Gasteiger partial charge in [-0.15, -0.1) is 0 Å². The van der Waals surface area contributed by atoms with E-state index in [4.69, 9.17) is 16.3 Å². The minimum absolute atomic E-state index is 0.182. The zero-order valence-corrected chi connectivity index (χ0v) is 11.4. The van der Waals surface area contributed by atoms with E-state index in [0.29, 0.717) is 17.9 Å². The average Bonchev–Trinajstić information content (AvgIpc) is 2.35. The van der Waals surface area contributed by atoms with Gasteiger partial charge in [-0.1, -0.05) is 11.6 Å². The predicted molar refractivity (Wildman–Crippen MR) is 71.4 cm³/mol. The van der Waals surface area contributed by atoms with E-state index in [1.54, 1.807) is 13.2 Å². The molecule has 1 N–H and O–H groups in total. The second-order valence-electron chi connectivity index (χ2n) is 4.07. The Morgan fingerprint density at radius 2 is 1.85 bits per heavy atom. The van der Waals surface area contributed by atoms with Crippen LogP contribution in [0.4, 0.5) is 14.7 Å². The van der Waals surface area contributed by atoms with Crippen LogP contribution in [0.5, 0.6) is 0 Å². The van der Waals surface area contributed by atoms with E-state index in [1.165, 1.54) is 12.1 Å². The molecule has 0 bridgehead atoms. The molecule has 2 rings (SSSR count). The third kappa shape index (κ3) is 4.11. The van der Waals surface area contributed by atoms with Crippen molar-refractivity contribution in [3.05, 3.63) is 52.3 Å². The Morgan fingerprint density at radius 1 is 1.15 bits per heavy atom. The molecule has 20 heavy (non-hydrogen) atoms. The molecule has 0 aliphatic carbocycles. The van der Waals surface area contributed by atoms with Crippen LogP contribution in [0.2, 0.25) is 5.15 Å². The Balaban J connectivity index is 2.10. The molecule has 0 spiro atoms. The fourth-order valence-corrected chi connectivity index (χ4v) is 1.87. The normalized spacial score (nSPS) is 10.6. The SMILES string of the molecule is COCc1cc(Cl)nc(NCc2cc(F)cc(F)c2)n1. The lowest BCUT2D eigenvalue weighted by Crippen LogP contribution is -2.06. The fourth-order valence-electron chi connectivity index (χ4n) is 1.66. The van der Waals surface area contributed by atoms with Crippen molar-refractivity contribution in [2.45, 2.75) is 13.2 Å². The number of nitrogens with one attached hydrogen (secondary N) is 1. The van der Waals surface area contributed by atoms with E-state index in [0.717, 1.165) is 6.07 Å². The predicted octanol–water partition coefficient (Wildman–Crippen LogP) is 3.17. The zero-order valence-electron chi connectivity index (χ0n) is 10.7. The molecule has 0 atom stereocenters. The summed E-state index contributed by atoms with van der Waals surface area (Å²) in [6, 6.07) is 4.86. The summed E-state index contributed by atoms with van der Waals surface area (Å²) in [6.07, 6.45) is 0. The first-order valence-electron chi connectivity index (χ1n) is 5.78. The van der Waals surface area contributed by atoms with E-state index in [9.17, 15) is 8.78 Å². The number of nitrogens with zero attached hydrogens (tertiary/aromatic N) is 2. The van der Waals surface area contributed by atoms with Crippen LogP contribution < -0.4 is 5.32 Å². The second kappa shape index (κ2) is 6.58. The van der Waals surface area contributed by atoms with Crippen LogP contribution in [0.3, 0.4) is 0 Å². The minimum Gasteiger partial charge on any atom is -0.378 e. The lowest BCUT2D eigenvalue weighted by molar-refractivity contribution is 0.181. The summed E-state index contributed by atoms with van der Waals surface area (Å²) in [5, 5.41) is 3.12. The van der Waals surface area contributed by atoms with Crippen LogP contribution in [0.25, 0.3) is 0 Å². The first-order valence-corrected chi connectivity index (χ1v) is 6.16. The maximum absolute atomic E-state index is 13.0. The lowest BCUT2D eigenvalue weighted by atomic mass is 10.2. The molecule has 106 valence electrons. The molecule has 0 saturated heterocycles. The average molecular weight is 300 g/mol. The molecule has 1 heterocycles. The van der Waals surface area contributed by atoms with Crippen molar-refractivity contribution in [1.82, 2.24) is 9.97 Å². The highest BCUT2D eigenvalue weighted by molar-refractivity contribution is 6.29. The highest BCUT2D eigenvalue weighted by Crippen LogP contribution is 2.13. The van der Waals surface area contributed by atoms with Crippen molar-refractivity contribution < 1.29 is 13.5 Å². The molecule has 0 unspecified atom stereocenters. The Kier molecular flexibility index (Phi) is 4.81. The van der Waals surface area contributed by atoms with Gasteiger partial charge in [0.25, 0.3) is 0 Å². The standard InChI is InChI=1S/C13H12ClF2N3O/c1-20-7-11-5-12(14)19-13(18-11)17-6-8-2-9(15)4-10(16)3-8/h2-5H,6-7H2,1H3,(H,17,18,19). The molecule has 1 aromatic heterocycles. The first kappa shape index (κ1) is 14.6. The summed E-state index contributed by atoms with van der Waals surface area (Å²) in [7, 11) is 1.54. The van der Waals surface area contributed by atoms with Crippen molar-refractivity contribution in [3.8, 4) is 0 Å². The van der Waals surface area contributed by atoms with Crippen molar-refractivity contribution in [2.75, 3.05) is 12.4 Å². The van der Waals surface area contributed by atoms with Crippen molar-refractivity contribution in [1.29, 1.82) is 0 Å². The summed E-state index contributed by atoms with van der Waals surface area (Å²) in [4.78, 5) is 8.14. The van der Waals surface area contributed by atoms with Gasteiger partial charge >= 0.3 is 0 Å². The molecule has 2 aromatic rings. The van der Waals surface area contributed by atoms with Gasteiger partial charge in [0.1, 0.15) is 16.8 Å². The maximum Gasteiger partial charge on any atom is 0.224 e. The summed E-state index contributed by atoms with van der Waals surface area (Å²) in [5.74, 6) is -0.989. The van der Waals surface area contributed by atoms with Crippen LogP contribution in [0.15, 0.2) is 24.3 Å². The Morgan fingerprint density at radius 3 is 2.50 bits per heavy atom. The molecule has 0 saturated carbocycles. The number of ether oxygens (including phenoxy) is 1. The molecule has 0 aliphatic rings. The van der Waals surface area contributed by atoms with Gasteiger partial charge < -0.3 is 10.1 Å². The maximum atomic E-state index is 13.0. The van der Waals surface area contributed by atoms with Gasteiger partial charge in [0, 0.05) is 19.7 Å². The molecule has 1 aromatic carbocycles. The lowest BCUT2D eigenvalue weighted by Gasteiger charge is -2.07. The van der Waals surface area contributed by atoms with Crippen LogP contribution in [-0.4, -0.2) is 17.1 Å². The monoisotopic (exact) mass is 299 g/mol. The quantitative estimate of drug-likeness (QED) is 0.862. The summed E-state index contributed by atoms with van der Waals surface area (Å²) in [5.41, 5.74) is 1.06. The van der Waals surface area contributed by atoms with Gasteiger partial charge in [-0.25, -0.2) is 18.7 Å². The number of anilines is 1. The summed E-state index contributed by atoms with van der Waals surface area (Å²) >= 11 is 5.85. The second-order valence-corrected chi connectivity index (χ2v) is 4.46. The minimum atomic E-state index is -0.631. The molecule has 0 amide bonds. The van der Waals surface area contributed by atoms with Crippen molar-refractivity contribution >= 4 is 17.5 Å². The Bertz CT molecular complexity index is 590. The van der Waals surface area contributed by atoms with Gasteiger partial charge in [-0.2, -0.15) is 0 Å². The molecule has 0 aliphatic heterocycles. The van der Waals surface area contributed by atoms with E-state index in [2.05, 4.69) is 15.3 Å². The third-order valence-corrected chi connectivity index (χ3v) is 2.61. The summed E-state index contributed by atoms with van der Waals surface area (Å²) in [6.45, 7) is 0.479. The fraction of sp³-hybridized carbons (Fsp3) is 0.231. The van der Waals surface area contributed by atoms with Gasteiger partial charge in [-0.3, -0.25) is 0 Å². The number of hydrogen-bond donors (Lipinski definition) is 1. The molecule has 0 fully saturated rings. The number of benzene rings is 1. The van der Waals surface area contributed by atoms with Crippen molar-refractivity contribution in [3.63, 3.8) is 0 Å². The van der Waals surface area contributed by atoms with E-state index in [1.807, 2.05) is 0 Å². The Hall–Kier alpha value is -1.79. The zero-order chi connectivity index (χ0) is 14.5. The molecule has 4 nitrogen and oxygen atoms in total. The highest BCUT2D eigenvalue weighted by Gasteiger charge is 2.05. The van der Waals surface area contributed by atoms with Crippen LogP contribution in [0, 0.1) is 11.6 Å². The van der Waals surface area contributed by atoms with Crippen LogP contribution in [0.1, 0.15) is 11.3 Å². The number of methoxy groups -OCH3 is 1. The number of aromatic nitrogens is 2. The van der Waals surface area contributed by atoms with E-state index >= 15 is 0 Å². The van der Waals surface area contributed by atoms with Gasteiger partial charge in [0.15, 0.2) is 0 Å². The van der Waals surface area contributed by atoms with Crippen LogP contribution in [-0.2, 0) is 17.9 Å². The first-order chi connectivity index (χ1) is 9.56. The number of halogens is 3. The highest BCUT2D eigenvalue weighted by atomic mass is 35.5. The van der Waals surface area contributed by atoms with E-state index in [-0.39, 0.29) is 17.6 Å². The smallest absolute Gasteiger partial charge is 0.224 e. The topological polar surface area (TPSA) is 47.0 Å². The molecule has 0 radical (unpaired) electrons. The molecular weight excluding hydrogens is 288 g/mol. The van der Waals surface area contributed by atoms with E-state index < -0.39 is 11.6 Å². The van der Waals surface area contributed by atoms with Gasteiger partial charge in [-0.05, 0) is 23.8 Å². The van der Waals surface area contributed by atoms with Gasteiger partial charge in [0.05, 0.1) is 12.3 Å². The Labute approximate surface area is 119 Å². The third-order valence-electron chi connectivity index (χ3n) is 2.41. The van der Waals surface area contributed by atoms with Crippen molar-refractivity contribution in [2.24, 2.45) is 0 Å². The van der Waals surface area contributed by atoms with Crippen LogP contribution >= 0.6 is 11.6 Å². The summed E-state index contributed by atoms with van der Waals surface area (Å²) < 4.78 is 31.0. The number of hydrogen-bond acceptors (Lipinski definition) is 4. The number of rotatable bonds is 5. The van der Waals surface area contributed by atoms with Gasteiger partial charge in [0.2, 0.25) is 5.95 Å². The largest absolute Gasteiger partial charge is 0.378 e. The molecule has 7 heteroatoms.